The summed E-state index contributed by atoms with van der Waals surface area (Å²) in [5.41, 5.74) is 0. The molecule has 102 valence electrons. The molecular formula is C11H23O5P. The second-order valence-electron chi connectivity index (χ2n) is 4.30. The van der Waals surface area contributed by atoms with E-state index in [4.69, 9.17) is 13.8 Å². The van der Waals surface area contributed by atoms with E-state index in [1.54, 1.807) is 13.8 Å². The highest BCUT2D eigenvalue weighted by molar-refractivity contribution is 7.53. The van der Waals surface area contributed by atoms with Crippen LogP contribution in [0.3, 0.4) is 0 Å². The van der Waals surface area contributed by atoms with Crippen molar-refractivity contribution in [2.75, 3.05) is 26.0 Å². The molecule has 0 aromatic heterocycles. The van der Waals surface area contributed by atoms with Crippen LogP contribution in [0.1, 0.15) is 27.2 Å². The quantitative estimate of drug-likeness (QED) is 0.714. The highest BCUT2D eigenvalue weighted by Crippen LogP contribution is 2.50. The molecule has 1 aliphatic heterocycles. The van der Waals surface area contributed by atoms with Crippen LogP contribution in [0.4, 0.5) is 0 Å². The summed E-state index contributed by atoms with van der Waals surface area (Å²) in [6, 6.07) is 0. The van der Waals surface area contributed by atoms with Gasteiger partial charge in [-0.25, -0.2) is 0 Å². The van der Waals surface area contributed by atoms with Gasteiger partial charge in [-0.15, -0.1) is 0 Å². The maximum Gasteiger partial charge on any atom is 0.331 e. The Kier molecular flexibility index (Phi) is 6.10. The van der Waals surface area contributed by atoms with Crippen molar-refractivity contribution >= 4 is 7.60 Å². The van der Waals surface area contributed by atoms with Crippen molar-refractivity contribution < 1.29 is 23.5 Å². The standard InChI is InChI=1S/C11H23O5P/c1-4-15-17(13,16-5-2)8-9(3)11-10(12)6-7-14-11/h9-12H,4-8H2,1-3H3/t9?,10-,11+/m0/s1. The van der Waals surface area contributed by atoms with Gasteiger partial charge in [0.25, 0.3) is 0 Å². The lowest BCUT2D eigenvalue weighted by Gasteiger charge is -2.25. The summed E-state index contributed by atoms with van der Waals surface area (Å²) < 4.78 is 28.2. The molecule has 0 aliphatic carbocycles. The van der Waals surface area contributed by atoms with Crippen molar-refractivity contribution in [2.45, 2.75) is 39.4 Å². The predicted molar refractivity (Wildman–Crippen MR) is 65.3 cm³/mol. The molecule has 1 rings (SSSR count). The van der Waals surface area contributed by atoms with Crippen LogP contribution in [0.5, 0.6) is 0 Å². The van der Waals surface area contributed by atoms with Crippen LogP contribution in [0.15, 0.2) is 0 Å². The summed E-state index contributed by atoms with van der Waals surface area (Å²) in [5.74, 6) is -0.0450. The topological polar surface area (TPSA) is 65.0 Å². The van der Waals surface area contributed by atoms with Gasteiger partial charge in [-0.05, 0) is 26.2 Å². The molecule has 3 atom stereocenters. The molecule has 1 heterocycles. The maximum atomic E-state index is 12.3. The molecule has 6 heteroatoms. The summed E-state index contributed by atoms with van der Waals surface area (Å²) in [6.07, 6.45) is 0.199. The summed E-state index contributed by atoms with van der Waals surface area (Å²) >= 11 is 0. The van der Waals surface area contributed by atoms with Gasteiger partial charge in [0.15, 0.2) is 0 Å². The van der Waals surface area contributed by atoms with E-state index >= 15 is 0 Å². The Morgan fingerprint density at radius 1 is 1.41 bits per heavy atom. The van der Waals surface area contributed by atoms with Crippen molar-refractivity contribution in [1.29, 1.82) is 0 Å². The van der Waals surface area contributed by atoms with Crippen LogP contribution >= 0.6 is 7.60 Å². The number of aliphatic hydroxyl groups excluding tert-OH is 1. The van der Waals surface area contributed by atoms with Gasteiger partial charge in [-0.2, -0.15) is 0 Å². The minimum Gasteiger partial charge on any atom is -0.390 e. The number of aliphatic hydroxyl groups is 1. The van der Waals surface area contributed by atoms with Gasteiger partial charge < -0.3 is 18.9 Å². The molecule has 0 saturated carbocycles. The molecule has 0 aromatic carbocycles. The second kappa shape index (κ2) is 6.86. The van der Waals surface area contributed by atoms with E-state index in [9.17, 15) is 9.67 Å². The van der Waals surface area contributed by atoms with Crippen LogP contribution in [0, 0.1) is 5.92 Å². The Morgan fingerprint density at radius 2 is 2.00 bits per heavy atom. The Bertz CT molecular complexity index is 261. The molecule has 0 aromatic rings. The number of rotatable bonds is 7. The molecule has 0 spiro atoms. The van der Waals surface area contributed by atoms with E-state index in [0.29, 0.717) is 26.2 Å². The third kappa shape index (κ3) is 4.34. The molecule has 1 fully saturated rings. The van der Waals surface area contributed by atoms with E-state index < -0.39 is 13.7 Å². The van der Waals surface area contributed by atoms with Gasteiger partial charge in [0.05, 0.1) is 31.6 Å². The Hall–Kier alpha value is 0.0700. The van der Waals surface area contributed by atoms with Crippen LogP contribution in [0.25, 0.3) is 0 Å². The first-order valence-corrected chi connectivity index (χ1v) is 7.93. The van der Waals surface area contributed by atoms with Crippen molar-refractivity contribution in [3.63, 3.8) is 0 Å². The number of ether oxygens (including phenoxy) is 1. The summed E-state index contributed by atoms with van der Waals surface area (Å²) in [4.78, 5) is 0. The Morgan fingerprint density at radius 3 is 2.41 bits per heavy atom. The molecular weight excluding hydrogens is 243 g/mol. The van der Waals surface area contributed by atoms with Gasteiger partial charge >= 0.3 is 7.60 Å². The lowest BCUT2D eigenvalue weighted by Crippen LogP contribution is -2.30. The van der Waals surface area contributed by atoms with E-state index in [1.807, 2.05) is 6.92 Å². The van der Waals surface area contributed by atoms with Crippen LogP contribution in [-0.4, -0.2) is 43.3 Å². The smallest absolute Gasteiger partial charge is 0.331 e. The molecule has 0 amide bonds. The van der Waals surface area contributed by atoms with Gasteiger partial charge in [-0.1, -0.05) is 6.92 Å². The lowest BCUT2D eigenvalue weighted by molar-refractivity contribution is 0.0112. The monoisotopic (exact) mass is 266 g/mol. The van der Waals surface area contributed by atoms with Crippen molar-refractivity contribution in [3.05, 3.63) is 0 Å². The molecule has 5 nitrogen and oxygen atoms in total. The van der Waals surface area contributed by atoms with E-state index in [-0.39, 0.29) is 18.2 Å². The van der Waals surface area contributed by atoms with Gasteiger partial charge in [0, 0.05) is 6.61 Å². The third-order valence-corrected chi connectivity index (χ3v) is 5.15. The Balaban J connectivity index is 2.57. The average Bonchev–Trinajstić information content (AvgIpc) is 2.64. The summed E-state index contributed by atoms with van der Waals surface area (Å²) in [5, 5.41) is 9.72. The molecule has 17 heavy (non-hydrogen) atoms. The van der Waals surface area contributed by atoms with Crippen LogP contribution in [-0.2, 0) is 18.3 Å². The van der Waals surface area contributed by atoms with E-state index in [1.165, 1.54) is 0 Å². The first-order chi connectivity index (χ1) is 8.02. The van der Waals surface area contributed by atoms with E-state index in [0.717, 1.165) is 0 Å². The third-order valence-electron chi connectivity index (χ3n) is 2.83. The van der Waals surface area contributed by atoms with Crippen molar-refractivity contribution in [3.8, 4) is 0 Å². The molecule has 1 aliphatic rings. The zero-order chi connectivity index (χ0) is 12.9. The first-order valence-electron chi connectivity index (χ1n) is 6.20. The summed E-state index contributed by atoms with van der Waals surface area (Å²) in [6.45, 7) is 6.76. The van der Waals surface area contributed by atoms with E-state index in [2.05, 4.69) is 0 Å². The number of hydrogen-bond donors (Lipinski definition) is 1. The fourth-order valence-electron chi connectivity index (χ4n) is 2.14. The predicted octanol–water partition coefficient (Wildman–Crippen LogP) is 2.04. The van der Waals surface area contributed by atoms with Gasteiger partial charge in [0.1, 0.15) is 0 Å². The van der Waals surface area contributed by atoms with Gasteiger partial charge in [0.2, 0.25) is 0 Å². The SMILES string of the molecule is CCOP(=O)(CC(C)[C@H]1OCC[C@@H]1O)OCC. The molecule has 1 saturated heterocycles. The highest BCUT2D eigenvalue weighted by atomic mass is 31.2. The Labute approximate surface area is 103 Å². The molecule has 1 N–H and O–H groups in total. The fraction of sp³-hybridized carbons (Fsp3) is 1.00. The fourth-order valence-corrected chi connectivity index (χ4v) is 4.12. The van der Waals surface area contributed by atoms with Crippen molar-refractivity contribution in [1.82, 2.24) is 0 Å². The zero-order valence-corrected chi connectivity index (χ0v) is 11.7. The summed E-state index contributed by atoms with van der Waals surface area (Å²) in [7, 11) is -3.05. The first kappa shape index (κ1) is 15.1. The minimum atomic E-state index is -3.05. The molecule has 0 radical (unpaired) electrons. The number of hydrogen-bond acceptors (Lipinski definition) is 5. The van der Waals surface area contributed by atoms with Crippen molar-refractivity contribution in [2.24, 2.45) is 5.92 Å². The minimum absolute atomic E-state index is 0.0450. The largest absolute Gasteiger partial charge is 0.390 e. The normalized spacial score (nSPS) is 27.3. The zero-order valence-electron chi connectivity index (χ0n) is 10.8. The molecule has 0 bridgehead atoms. The average molecular weight is 266 g/mol. The lowest BCUT2D eigenvalue weighted by atomic mass is 10.0. The second-order valence-corrected chi connectivity index (χ2v) is 6.40. The van der Waals surface area contributed by atoms with Crippen LogP contribution < -0.4 is 0 Å². The van der Waals surface area contributed by atoms with Crippen LogP contribution in [0.2, 0.25) is 0 Å². The highest BCUT2D eigenvalue weighted by Gasteiger charge is 2.36. The molecule has 1 unspecified atom stereocenters. The van der Waals surface area contributed by atoms with Gasteiger partial charge in [-0.3, -0.25) is 4.57 Å². The maximum absolute atomic E-state index is 12.3.